The zero-order valence-corrected chi connectivity index (χ0v) is 14.1. The number of carbonyl (C=O) groups excluding carboxylic acids is 1. The van der Waals surface area contributed by atoms with Gasteiger partial charge in [0.1, 0.15) is 9.84 Å². The van der Waals surface area contributed by atoms with Crippen molar-refractivity contribution in [1.82, 2.24) is 10.2 Å². The normalized spacial score (nSPS) is 19.9. The van der Waals surface area contributed by atoms with Crippen molar-refractivity contribution >= 4 is 15.7 Å². The Morgan fingerprint density at radius 3 is 2.20 bits per heavy atom. The van der Waals surface area contributed by atoms with E-state index in [4.69, 9.17) is 0 Å². The fraction of sp³-hybridized carbons (Fsp3) is 0.929. The summed E-state index contributed by atoms with van der Waals surface area (Å²) in [7, 11) is -2.94. The van der Waals surface area contributed by atoms with E-state index in [-0.39, 0.29) is 23.1 Å². The van der Waals surface area contributed by atoms with Gasteiger partial charge in [0.15, 0.2) is 0 Å². The molecule has 1 amide bonds. The lowest BCUT2D eigenvalue weighted by Gasteiger charge is -2.36. The first kappa shape index (κ1) is 17.4. The molecule has 1 N–H and O–H groups in total. The monoisotopic (exact) mass is 304 g/mol. The molecule has 1 fully saturated rings. The van der Waals surface area contributed by atoms with Gasteiger partial charge in [-0.1, -0.05) is 20.8 Å². The number of likely N-dealkylation sites (tertiary alicyclic amines) is 1. The minimum atomic E-state index is -2.94. The lowest BCUT2D eigenvalue weighted by Crippen LogP contribution is -2.50. The van der Waals surface area contributed by atoms with Crippen LogP contribution in [0.5, 0.6) is 0 Å². The maximum atomic E-state index is 12.2. The number of hydrogen-bond acceptors (Lipinski definition) is 4. The fourth-order valence-corrected chi connectivity index (χ4v) is 3.63. The van der Waals surface area contributed by atoms with E-state index in [0.717, 1.165) is 25.9 Å². The van der Waals surface area contributed by atoms with Crippen LogP contribution in [0, 0.1) is 5.41 Å². The van der Waals surface area contributed by atoms with Crippen molar-refractivity contribution in [1.29, 1.82) is 0 Å². The maximum Gasteiger partial charge on any atom is 0.227 e. The number of nitrogens with one attached hydrogen (secondary N) is 1. The van der Waals surface area contributed by atoms with Crippen LogP contribution in [0.4, 0.5) is 0 Å². The van der Waals surface area contributed by atoms with E-state index in [1.165, 1.54) is 6.26 Å². The summed E-state index contributed by atoms with van der Waals surface area (Å²) in [6, 6.07) is 0.260. The molecular formula is C14H28N2O3S. The van der Waals surface area contributed by atoms with Gasteiger partial charge in [0.05, 0.1) is 5.75 Å². The number of hydrogen-bond donors (Lipinski definition) is 1. The second-order valence-corrected chi connectivity index (χ2v) is 9.16. The van der Waals surface area contributed by atoms with E-state index in [1.807, 2.05) is 32.6 Å². The van der Waals surface area contributed by atoms with Crippen LogP contribution in [0.3, 0.4) is 0 Å². The van der Waals surface area contributed by atoms with Crippen LogP contribution in [-0.4, -0.2) is 56.4 Å². The summed E-state index contributed by atoms with van der Waals surface area (Å²) in [5.41, 5.74) is -0.330. The Bertz CT molecular complexity index is 432. The molecule has 0 aromatic rings. The Morgan fingerprint density at radius 2 is 1.80 bits per heavy atom. The molecule has 1 saturated heterocycles. The van der Waals surface area contributed by atoms with E-state index in [1.54, 1.807) is 0 Å². The SMILES string of the molecule is CC(CS(C)(=O)=O)NC1CCN(C(=O)C(C)(C)C)CC1. The predicted octanol–water partition coefficient (Wildman–Crippen LogP) is 1.05. The van der Waals surface area contributed by atoms with Crippen LogP contribution in [0.15, 0.2) is 0 Å². The standard InChI is InChI=1S/C14H28N2O3S/c1-11(10-20(5,18)19)15-12-6-8-16(9-7-12)13(17)14(2,3)4/h11-12,15H,6-10H2,1-5H3. The zero-order valence-electron chi connectivity index (χ0n) is 13.3. The first-order chi connectivity index (χ1) is 8.99. The smallest absolute Gasteiger partial charge is 0.227 e. The maximum absolute atomic E-state index is 12.2. The number of amides is 1. The summed E-state index contributed by atoms with van der Waals surface area (Å²) in [4.78, 5) is 14.1. The fourth-order valence-electron chi connectivity index (χ4n) is 2.63. The second kappa shape index (κ2) is 6.43. The van der Waals surface area contributed by atoms with Crippen LogP contribution in [0.2, 0.25) is 0 Å². The third-order valence-electron chi connectivity index (χ3n) is 3.50. The van der Waals surface area contributed by atoms with Gasteiger partial charge < -0.3 is 10.2 Å². The Morgan fingerprint density at radius 1 is 1.30 bits per heavy atom. The van der Waals surface area contributed by atoms with E-state index >= 15 is 0 Å². The third kappa shape index (κ3) is 5.79. The van der Waals surface area contributed by atoms with E-state index in [0.29, 0.717) is 6.04 Å². The Kier molecular flexibility index (Phi) is 5.61. The summed E-state index contributed by atoms with van der Waals surface area (Å²) in [6.45, 7) is 9.21. The van der Waals surface area contributed by atoms with Crippen LogP contribution < -0.4 is 5.32 Å². The lowest BCUT2D eigenvalue weighted by atomic mass is 9.93. The third-order valence-corrected chi connectivity index (χ3v) is 4.60. The summed E-state index contributed by atoms with van der Waals surface area (Å²) in [5.74, 6) is 0.355. The summed E-state index contributed by atoms with van der Waals surface area (Å²) in [5, 5.41) is 3.36. The van der Waals surface area contributed by atoms with Crippen molar-refractivity contribution in [3.05, 3.63) is 0 Å². The van der Waals surface area contributed by atoms with E-state index < -0.39 is 9.84 Å². The van der Waals surface area contributed by atoms with Crippen molar-refractivity contribution < 1.29 is 13.2 Å². The highest BCUT2D eigenvalue weighted by atomic mass is 32.2. The average Bonchev–Trinajstić information content (AvgIpc) is 2.25. The van der Waals surface area contributed by atoms with Gasteiger partial charge in [0.2, 0.25) is 5.91 Å². The van der Waals surface area contributed by atoms with Crippen LogP contribution >= 0.6 is 0 Å². The topological polar surface area (TPSA) is 66.5 Å². The van der Waals surface area contributed by atoms with Crippen molar-refractivity contribution in [2.24, 2.45) is 5.41 Å². The number of carbonyl (C=O) groups is 1. The Labute approximate surface area is 123 Å². The first-order valence-electron chi connectivity index (χ1n) is 7.22. The minimum Gasteiger partial charge on any atom is -0.342 e. The molecule has 0 saturated carbocycles. The molecule has 0 spiro atoms. The lowest BCUT2D eigenvalue weighted by molar-refractivity contribution is -0.140. The molecule has 1 heterocycles. The number of piperidine rings is 1. The molecule has 1 atom stereocenters. The molecule has 118 valence electrons. The zero-order chi connectivity index (χ0) is 15.6. The average molecular weight is 304 g/mol. The summed E-state index contributed by atoms with van der Waals surface area (Å²) in [6.07, 6.45) is 3.03. The van der Waals surface area contributed by atoms with Crippen molar-refractivity contribution in [3.8, 4) is 0 Å². The highest BCUT2D eigenvalue weighted by molar-refractivity contribution is 7.90. The van der Waals surface area contributed by atoms with Crippen LogP contribution in [0.25, 0.3) is 0 Å². The molecule has 6 heteroatoms. The Balaban J connectivity index is 2.41. The van der Waals surface area contributed by atoms with Gasteiger partial charge in [0, 0.05) is 36.8 Å². The van der Waals surface area contributed by atoms with E-state index in [2.05, 4.69) is 5.32 Å². The van der Waals surface area contributed by atoms with Gasteiger partial charge >= 0.3 is 0 Å². The summed E-state index contributed by atoms with van der Waals surface area (Å²) < 4.78 is 22.5. The summed E-state index contributed by atoms with van der Waals surface area (Å²) >= 11 is 0. The molecule has 0 aromatic carbocycles. The predicted molar refractivity (Wildman–Crippen MR) is 81.4 cm³/mol. The van der Waals surface area contributed by atoms with Gasteiger partial charge in [-0.25, -0.2) is 8.42 Å². The molecule has 5 nitrogen and oxygen atoms in total. The molecule has 0 aromatic heterocycles. The number of sulfone groups is 1. The van der Waals surface area contributed by atoms with Gasteiger partial charge in [-0.15, -0.1) is 0 Å². The quantitative estimate of drug-likeness (QED) is 0.843. The molecule has 1 aliphatic rings. The molecule has 1 unspecified atom stereocenters. The minimum absolute atomic E-state index is 0.0418. The largest absolute Gasteiger partial charge is 0.342 e. The highest BCUT2D eigenvalue weighted by Gasteiger charge is 2.30. The molecule has 0 aliphatic carbocycles. The van der Waals surface area contributed by atoms with Gasteiger partial charge in [-0.05, 0) is 19.8 Å². The number of nitrogens with zero attached hydrogens (tertiary/aromatic N) is 1. The first-order valence-corrected chi connectivity index (χ1v) is 9.28. The molecule has 1 rings (SSSR count). The van der Waals surface area contributed by atoms with E-state index in [9.17, 15) is 13.2 Å². The molecular weight excluding hydrogens is 276 g/mol. The number of rotatable bonds is 4. The van der Waals surface area contributed by atoms with Gasteiger partial charge in [-0.2, -0.15) is 0 Å². The van der Waals surface area contributed by atoms with Crippen molar-refractivity contribution in [2.75, 3.05) is 25.1 Å². The van der Waals surface area contributed by atoms with Gasteiger partial charge in [0.25, 0.3) is 0 Å². The molecule has 0 bridgehead atoms. The second-order valence-electron chi connectivity index (χ2n) is 6.98. The van der Waals surface area contributed by atoms with Gasteiger partial charge in [-0.3, -0.25) is 4.79 Å². The Hall–Kier alpha value is -0.620. The van der Waals surface area contributed by atoms with Crippen molar-refractivity contribution in [2.45, 2.75) is 52.6 Å². The molecule has 0 radical (unpaired) electrons. The highest BCUT2D eigenvalue weighted by Crippen LogP contribution is 2.21. The molecule has 20 heavy (non-hydrogen) atoms. The molecule has 1 aliphatic heterocycles. The van der Waals surface area contributed by atoms with Crippen LogP contribution in [-0.2, 0) is 14.6 Å². The van der Waals surface area contributed by atoms with Crippen molar-refractivity contribution in [3.63, 3.8) is 0 Å². The van der Waals surface area contributed by atoms with Crippen LogP contribution in [0.1, 0.15) is 40.5 Å².